The van der Waals surface area contributed by atoms with Gasteiger partial charge in [-0.1, -0.05) is 53.8 Å². The molecule has 0 saturated carbocycles. The van der Waals surface area contributed by atoms with E-state index in [9.17, 15) is 4.79 Å². The van der Waals surface area contributed by atoms with Crippen LogP contribution in [0.25, 0.3) is 21.0 Å². The average Bonchev–Trinajstić information content (AvgIpc) is 3.18. The van der Waals surface area contributed by atoms with Crippen molar-refractivity contribution in [1.29, 1.82) is 0 Å². The van der Waals surface area contributed by atoms with E-state index in [1.807, 2.05) is 36.4 Å². The second kappa shape index (κ2) is 7.33. The summed E-state index contributed by atoms with van der Waals surface area (Å²) in [5, 5.41) is 5.67. The lowest BCUT2D eigenvalue weighted by Gasteiger charge is -2.06. The summed E-state index contributed by atoms with van der Waals surface area (Å²) in [7, 11) is 0. The van der Waals surface area contributed by atoms with Crippen LogP contribution in [0.15, 0.2) is 85.1 Å². The molecule has 140 valence electrons. The highest BCUT2D eigenvalue weighted by atomic mass is 32.1. The van der Waals surface area contributed by atoms with Gasteiger partial charge in [0.1, 0.15) is 5.75 Å². The lowest BCUT2D eigenvalue weighted by molar-refractivity contribution is 0.102. The largest absolute Gasteiger partial charge is 0.439 e. The number of nitrogens with one attached hydrogen (secondary N) is 1. The number of amides is 1. The molecule has 6 heteroatoms. The van der Waals surface area contributed by atoms with Crippen LogP contribution in [0.5, 0.6) is 11.6 Å². The Kier molecular flexibility index (Phi) is 4.38. The molecule has 0 unspecified atom stereocenters. The molecule has 2 aromatic heterocycles. The summed E-state index contributed by atoms with van der Waals surface area (Å²) < 4.78 is 6.75. The van der Waals surface area contributed by atoms with E-state index in [2.05, 4.69) is 27.4 Å². The molecule has 0 radical (unpaired) electrons. The summed E-state index contributed by atoms with van der Waals surface area (Å²) >= 11 is 1.46. The number of anilines is 1. The van der Waals surface area contributed by atoms with Gasteiger partial charge >= 0.3 is 0 Å². The zero-order valence-corrected chi connectivity index (χ0v) is 16.0. The number of rotatable bonds is 4. The van der Waals surface area contributed by atoms with E-state index in [-0.39, 0.29) is 5.91 Å². The second-order valence-corrected chi connectivity index (χ2v) is 7.44. The molecule has 3 aromatic carbocycles. The number of pyridine rings is 1. The van der Waals surface area contributed by atoms with Gasteiger partial charge in [-0.15, -0.1) is 0 Å². The number of benzene rings is 3. The molecule has 5 aromatic rings. The Bertz CT molecular complexity index is 1330. The number of carbonyl (C=O) groups is 1. The van der Waals surface area contributed by atoms with Crippen molar-refractivity contribution in [3.8, 4) is 11.6 Å². The molecule has 0 atom stereocenters. The molecule has 5 rings (SSSR count). The minimum absolute atomic E-state index is 0.236. The van der Waals surface area contributed by atoms with Gasteiger partial charge in [0.2, 0.25) is 5.88 Å². The Labute approximate surface area is 170 Å². The lowest BCUT2D eigenvalue weighted by Crippen LogP contribution is -2.11. The molecule has 0 bridgehead atoms. The predicted octanol–water partition coefficient (Wildman–Crippen LogP) is 5.89. The van der Waals surface area contributed by atoms with E-state index in [1.165, 1.54) is 11.3 Å². The van der Waals surface area contributed by atoms with Crippen LogP contribution >= 0.6 is 11.3 Å². The van der Waals surface area contributed by atoms with Crippen molar-refractivity contribution in [2.24, 2.45) is 0 Å². The van der Waals surface area contributed by atoms with Gasteiger partial charge < -0.3 is 4.74 Å². The van der Waals surface area contributed by atoms with Crippen molar-refractivity contribution in [3.63, 3.8) is 0 Å². The first-order valence-corrected chi connectivity index (χ1v) is 9.86. The monoisotopic (exact) mass is 397 g/mol. The van der Waals surface area contributed by atoms with Crippen LogP contribution < -0.4 is 10.1 Å². The third-order valence-corrected chi connectivity index (χ3v) is 5.40. The highest BCUT2D eigenvalue weighted by Gasteiger charge is 2.12. The van der Waals surface area contributed by atoms with Crippen LogP contribution in [0.1, 0.15) is 10.4 Å². The number of ether oxygens (including phenoxy) is 1. The number of hydrogen-bond acceptors (Lipinski definition) is 5. The molecule has 2 heterocycles. The highest BCUT2D eigenvalue weighted by Crippen LogP contribution is 2.32. The Morgan fingerprint density at radius 1 is 0.931 bits per heavy atom. The number of fused-ring (bicyclic) bond motifs is 3. The van der Waals surface area contributed by atoms with Crippen LogP contribution in [0.3, 0.4) is 0 Å². The molecule has 0 fully saturated rings. The summed E-state index contributed by atoms with van der Waals surface area (Å²) in [6, 6.07) is 24.6. The van der Waals surface area contributed by atoms with E-state index < -0.39 is 0 Å². The first-order chi connectivity index (χ1) is 14.3. The molecular formula is C23H15N3O2S. The van der Waals surface area contributed by atoms with Crippen molar-refractivity contribution in [3.05, 3.63) is 90.6 Å². The number of nitrogens with zero attached hydrogens (tertiary/aromatic N) is 2. The van der Waals surface area contributed by atoms with Crippen molar-refractivity contribution < 1.29 is 9.53 Å². The zero-order chi connectivity index (χ0) is 19.6. The van der Waals surface area contributed by atoms with Crippen molar-refractivity contribution >= 4 is 43.4 Å². The molecule has 0 aliphatic carbocycles. The lowest BCUT2D eigenvalue weighted by atomic mass is 10.1. The van der Waals surface area contributed by atoms with Crippen molar-refractivity contribution in [2.45, 2.75) is 0 Å². The Morgan fingerprint density at radius 3 is 2.72 bits per heavy atom. The predicted molar refractivity (Wildman–Crippen MR) is 116 cm³/mol. The van der Waals surface area contributed by atoms with Crippen LogP contribution in [0.2, 0.25) is 0 Å². The maximum Gasteiger partial charge on any atom is 0.257 e. The van der Waals surface area contributed by atoms with Crippen LogP contribution in [-0.4, -0.2) is 15.9 Å². The second-order valence-electron chi connectivity index (χ2n) is 6.40. The first-order valence-electron chi connectivity index (χ1n) is 9.05. The Balaban J connectivity index is 1.40. The molecule has 0 saturated heterocycles. The van der Waals surface area contributed by atoms with Crippen molar-refractivity contribution in [1.82, 2.24) is 9.97 Å². The van der Waals surface area contributed by atoms with E-state index in [0.29, 0.717) is 22.3 Å². The minimum Gasteiger partial charge on any atom is -0.439 e. The first kappa shape index (κ1) is 17.3. The van der Waals surface area contributed by atoms with Crippen LogP contribution in [0, 0.1) is 0 Å². The summed E-state index contributed by atoms with van der Waals surface area (Å²) in [5.41, 5.74) is 1.39. The van der Waals surface area contributed by atoms with Crippen molar-refractivity contribution in [2.75, 3.05) is 5.32 Å². The fourth-order valence-corrected chi connectivity index (χ4v) is 3.99. The van der Waals surface area contributed by atoms with Gasteiger partial charge in [0.25, 0.3) is 5.91 Å². The normalized spacial score (nSPS) is 10.9. The molecule has 1 N–H and O–H groups in total. The maximum atomic E-state index is 12.7. The van der Waals surface area contributed by atoms with Gasteiger partial charge in [0.15, 0.2) is 5.13 Å². The van der Waals surface area contributed by atoms with Gasteiger partial charge in [-0.2, -0.15) is 0 Å². The fraction of sp³-hybridized carbons (Fsp3) is 0. The third-order valence-electron chi connectivity index (χ3n) is 4.46. The molecule has 29 heavy (non-hydrogen) atoms. The van der Waals surface area contributed by atoms with Crippen LogP contribution in [-0.2, 0) is 0 Å². The number of aromatic nitrogens is 2. The summed E-state index contributed by atoms with van der Waals surface area (Å²) in [6.07, 6.45) is 1.66. The maximum absolute atomic E-state index is 12.7. The number of thiazole rings is 1. The highest BCUT2D eigenvalue weighted by molar-refractivity contribution is 7.22. The quantitative estimate of drug-likeness (QED) is 0.411. The molecular weight excluding hydrogens is 382 g/mol. The van der Waals surface area contributed by atoms with Gasteiger partial charge in [0.05, 0.1) is 10.2 Å². The molecule has 1 amide bonds. The van der Waals surface area contributed by atoms with Gasteiger partial charge in [-0.05, 0) is 35.7 Å². The topological polar surface area (TPSA) is 64.1 Å². The molecule has 0 aliphatic heterocycles. The van der Waals surface area contributed by atoms with E-state index in [4.69, 9.17) is 4.74 Å². The Hall–Kier alpha value is -3.77. The van der Waals surface area contributed by atoms with Gasteiger partial charge in [-0.3, -0.25) is 10.1 Å². The standard InChI is InChI=1S/C23H15N3O2S/c27-22(16-7-5-8-17(14-16)28-20-10-3-4-13-24-20)26-23-25-21-18-9-2-1-6-15(18)11-12-19(21)29-23/h1-14H,(H,25,26,27). The van der Waals surface area contributed by atoms with Gasteiger partial charge in [-0.25, -0.2) is 9.97 Å². The zero-order valence-electron chi connectivity index (χ0n) is 15.2. The average molecular weight is 397 g/mol. The summed E-state index contributed by atoms with van der Waals surface area (Å²) in [4.78, 5) is 21.5. The van der Waals surface area contributed by atoms with E-state index >= 15 is 0 Å². The van der Waals surface area contributed by atoms with E-state index in [0.717, 1.165) is 21.0 Å². The fourth-order valence-electron chi connectivity index (χ4n) is 3.11. The molecule has 0 aliphatic rings. The number of carbonyl (C=O) groups excluding carboxylic acids is 1. The van der Waals surface area contributed by atoms with E-state index in [1.54, 1.807) is 36.5 Å². The van der Waals surface area contributed by atoms with Crippen LogP contribution in [0.4, 0.5) is 5.13 Å². The molecule has 0 spiro atoms. The third kappa shape index (κ3) is 3.53. The Morgan fingerprint density at radius 2 is 1.83 bits per heavy atom. The molecule has 5 nitrogen and oxygen atoms in total. The number of hydrogen-bond donors (Lipinski definition) is 1. The van der Waals surface area contributed by atoms with Gasteiger partial charge in [0, 0.05) is 23.2 Å². The summed E-state index contributed by atoms with van der Waals surface area (Å²) in [5.74, 6) is 0.787. The summed E-state index contributed by atoms with van der Waals surface area (Å²) in [6.45, 7) is 0. The smallest absolute Gasteiger partial charge is 0.257 e. The minimum atomic E-state index is -0.236. The SMILES string of the molecule is O=C(Nc1nc2c(ccc3ccccc32)s1)c1cccc(Oc2ccccn2)c1.